The number of carbonyl (C=O) groups is 3. The maximum Gasteiger partial charge on any atom is 0.274 e. The first-order valence-electron chi connectivity index (χ1n) is 8.83. The lowest BCUT2D eigenvalue weighted by atomic mass is 10.2. The topological polar surface area (TPSA) is 100 Å². The molecule has 0 fully saturated rings. The summed E-state index contributed by atoms with van der Waals surface area (Å²) in [6.07, 6.45) is 0. The fourth-order valence-electron chi connectivity index (χ4n) is 2.61. The summed E-state index contributed by atoms with van der Waals surface area (Å²) in [4.78, 5) is 39.6. The van der Waals surface area contributed by atoms with Crippen LogP contribution in [0.3, 0.4) is 0 Å². The molecule has 3 aromatic rings. The number of hydrogen-bond acceptors (Lipinski definition) is 4. The largest absolute Gasteiger partial charge is 0.355 e. The first-order chi connectivity index (χ1) is 13.5. The second-order valence-corrected chi connectivity index (χ2v) is 6.16. The number of pyridine rings is 1. The van der Waals surface area contributed by atoms with E-state index in [0.717, 1.165) is 10.9 Å². The molecule has 0 bridgehead atoms. The normalized spacial score (nSPS) is 10.3. The van der Waals surface area contributed by atoms with E-state index in [-0.39, 0.29) is 17.7 Å². The van der Waals surface area contributed by atoms with Gasteiger partial charge in [-0.2, -0.15) is 0 Å². The van der Waals surface area contributed by atoms with Gasteiger partial charge in [0.1, 0.15) is 5.69 Å². The number of anilines is 1. The predicted octanol–water partition coefficient (Wildman–Crippen LogP) is 2.35. The molecular formula is C21H20N4O3. The van der Waals surface area contributed by atoms with Gasteiger partial charge in [0.15, 0.2) is 0 Å². The fraction of sp³-hybridized carbons (Fsp3) is 0.143. The van der Waals surface area contributed by atoms with Crippen molar-refractivity contribution in [3.8, 4) is 0 Å². The molecule has 0 unspecified atom stereocenters. The first kappa shape index (κ1) is 19.0. The Morgan fingerprint density at radius 3 is 2.29 bits per heavy atom. The van der Waals surface area contributed by atoms with E-state index in [4.69, 9.17) is 0 Å². The summed E-state index contributed by atoms with van der Waals surface area (Å²) in [6.45, 7) is 2.13. The Morgan fingerprint density at radius 2 is 1.54 bits per heavy atom. The molecule has 0 spiro atoms. The smallest absolute Gasteiger partial charge is 0.274 e. The number of fused-ring (bicyclic) bond motifs is 1. The summed E-state index contributed by atoms with van der Waals surface area (Å²) < 4.78 is 0. The summed E-state index contributed by atoms with van der Waals surface area (Å²) in [5.74, 6) is -0.715. The monoisotopic (exact) mass is 376 g/mol. The number of hydrogen-bond donors (Lipinski definition) is 3. The van der Waals surface area contributed by atoms with Gasteiger partial charge in [-0.05, 0) is 36.4 Å². The number of carbonyl (C=O) groups excluding carboxylic acids is 3. The van der Waals surface area contributed by atoms with Crippen molar-refractivity contribution in [2.24, 2.45) is 0 Å². The van der Waals surface area contributed by atoms with Gasteiger partial charge in [-0.25, -0.2) is 4.98 Å². The third-order valence-corrected chi connectivity index (χ3v) is 4.02. The number of nitrogens with zero attached hydrogens (tertiary/aromatic N) is 1. The van der Waals surface area contributed by atoms with Gasteiger partial charge in [0.2, 0.25) is 5.91 Å². The molecule has 142 valence electrons. The molecule has 3 amide bonds. The van der Waals surface area contributed by atoms with Crippen LogP contribution in [-0.2, 0) is 4.79 Å². The van der Waals surface area contributed by atoms with E-state index in [0.29, 0.717) is 30.0 Å². The number of para-hydroxylation sites is 1. The van der Waals surface area contributed by atoms with Crippen LogP contribution in [0.4, 0.5) is 5.69 Å². The van der Waals surface area contributed by atoms with Gasteiger partial charge in [-0.1, -0.05) is 24.3 Å². The molecule has 7 heteroatoms. The Morgan fingerprint density at radius 1 is 0.821 bits per heavy atom. The summed E-state index contributed by atoms with van der Waals surface area (Å²) in [6, 6.07) is 17.7. The molecule has 1 aromatic heterocycles. The second kappa shape index (κ2) is 8.77. The summed E-state index contributed by atoms with van der Waals surface area (Å²) in [7, 11) is 0. The number of rotatable bonds is 6. The van der Waals surface area contributed by atoms with Gasteiger partial charge in [0.25, 0.3) is 11.8 Å². The highest BCUT2D eigenvalue weighted by atomic mass is 16.2. The molecular weight excluding hydrogens is 356 g/mol. The minimum Gasteiger partial charge on any atom is -0.355 e. The highest BCUT2D eigenvalue weighted by molar-refractivity contribution is 6.04. The molecule has 0 saturated carbocycles. The highest BCUT2D eigenvalue weighted by Gasteiger charge is 2.10. The molecule has 7 nitrogen and oxygen atoms in total. The zero-order chi connectivity index (χ0) is 19.9. The number of nitrogens with one attached hydrogen (secondary N) is 3. The quantitative estimate of drug-likeness (QED) is 0.575. The highest BCUT2D eigenvalue weighted by Crippen LogP contribution is 2.14. The van der Waals surface area contributed by atoms with Gasteiger partial charge in [-0.15, -0.1) is 0 Å². The lowest BCUT2D eigenvalue weighted by Crippen LogP contribution is -2.33. The van der Waals surface area contributed by atoms with Crippen molar-refractivity contribution in [1.82, 2.24) is 15.6 Å². The Labute approximate surface area is 162 Å². The van der Waals surface area contributed by atoms with Crippen molar-refractivity contribution in [2.75, 3.05) is 18.4 Å². The van der Waals surface area contributed by atoms with Crippen molar-refractivity contribution in [1.29, 1.82) is 0 Å². The van der Waals surface area contributed by atoms with E-state index >= 15 is 0 Å². The molecule has 0 saturated heterocycles. The SMILES string of the molecule is CC(=O)NCCNC(=O)c1ccc(NC(=O)c2ccc3ccccc3n2)cc1. The van der Waals surface area contributed by atoms with E-state index in [1.54, 1.807) is 30.3 Å². The maximum atomic E-state index is 12.4. The van der Waals surface area contributed by atoms with E-state index in [9.17, 15) is 14.4 Å². The van der Waals surface area contributed by atoms with Gasteiger partial charge in [-0.3, -0.25) is 14.4 Å². The van der Waals surface area contributed by atoms with Gasteiger partial charge < -0.3 is 16.0 Å². The zero-order valence-electron chi connectivity index (χ0n) is 15.4. The van der Waals surface area contributed by atoms with Crippen LogP contribution in [0.2, 0.25) is 0 Å². The van der Waals surface area contributed by atoms with Crippen molar-refractivity contribution in [2.45, 2.75) is 6.92 Å². The molecule has 3 rings (SSSR count). The first-order valence-corrected chi connectivity index (χ1v) is 8.83. The third-order valence-electron chi connectivity index (χ3n) is 4.02. The van der Waals surface area contributed by atoms with Crippen molar-refractivity contribution >= 4 is 34.3 Å². The number of amides is 3. The van der Waals surface area contributed by atoms with Crippen LogP contribution in [0.25, 0.3) is 10.9 Å². The lowest BCUT2D eigenvalue weighted by Gasteiger charge is -2.08. The molecule has 0 aliphatic heterocycles. The summed E-state index contributed by atoms with van der Waals surface area (Å²) >= 11 is 0. The van der Waals surface area contributed by atoms with E-state index < -0.39 is 0 Å². The zero-order valence-corrected chi connectivity index (χ0v) is 15.4. The van der Waals surface area contributed by atoms with Gasteiger partial charge in [0.05, 0.1) is 5.52 Å². The Bertz CT molecular complexity index is 1020. The van der Waals surface area contributed by atoms with Gasteiger partial charge in [0, 0.05) is 36.7 Å². The Balaban J connectivity index is 1.59. The molecule has 2 aromatic carbocycles. The molecule has 28 heavy (non-hydrogen) atoms. The van der Waals surface area contributed by atoms with E-state index in [1.807, 2.05) is 30.3 Å². The predicted molar refractivity (Wildman–Crippen MR) is 107 cm³/mol. The molecule has 1 heterocycles. The average molecular weight is 376 g/mol. The Hall–Kier alpha value is -3.74. The minimum atomic E-state index is -0.321. The standard InChI is InChI=1S/C21H20N4O3/c1-14(26)22-12-13-23-20(27)16-6-9-17(10-7-16)24-21(28)19-11-8-15-4-2-3-5-18(15)25-19/h2-11H,12-13H2,1H3,(H,22,26)(H,23,27)(H,24,28). The summed E-state index contributed by atoms with van der Waals surface area (Å²) in [5.41, 5.74) is 2.10. The fourth-order valence-corrected chi connectivity index (χ4v) is 2.61. The maximum absolute atomic E-state index is 12.4. The molecule has 0 radical (unpaired) electrons. The van der Waals surface area contributed by atoms with Crippen LogP contribution < -0.4 is 16.0 Å². The Kier molecular flexibility index (Phi) is 5.96. The average Bonchev–Trinajstić information content (AvgIpc) is 2.71. The van der Waals surface area contributed by atoms with Crippen LogP contribution in [0.5, 0.6) is 0 Å². The molecule has 0 aliphatic carbocycles. The number of benzene rings is 2. The van der Waals surface area contributed by atoms with Crippen LogP contribution in [-0.4, -0.2) is 35.8 Å². The lowest BCUT2D eigenvalue weighted by molar-refractivity contribution is -0.118. The minimum absolute atomic E-state index is 0.143. The van der Waals surface area contributed by atoms with Crippen LogP contribution in [0.15, 0.2) is 60.7 Å². The molecule has 3 N–H and O–H groups in total. The van der Waals surface area contributed by atoms with E-state index in [1.165, 1.54) is 6.92 Å². The summed E-state index contributed by atoms with van der Waals surface area (Å²) in [5, 5.41) is 9.05. The van der Waals surface area contributed by atoms with Gasteiger partial charge >= 0.3 is 0 Å². The van der Waals surface area contributed by atoms with Crippen LogP contribution >= 0.6 is 0 Å². The van der Waals surface area contributed by atoms with Crippen molar-refractivity contribution < 1.29 is 14.4 Å². The van der Waals surface area contributed by atoms with Crippen molar-refractivity contribution in [3.05, 3.63) is 71.9 Å². The molecule has 0 atom stereocenters. The third kappa shape index (κ3) is 4.91. The molecule has 0 aliphatic rings. The van der Waals surface area contributed by atoms with Crippen LogP contribution in [0, 0.1) is 0 Å². The van der Waals surface area contributed by atoms with Crippen molar-refractivity contribution in [3.63, 3.8) is 0 Å². The number of aromatic nitrogens is 1. The second-order valence-electron chi connectivity index (χ2n) is 6.16. The van der Waals surface area contributed by atoms with E-state index in [2.05, 4.69) is 20.9 Å². The van der Waals surface area contributed by atoms with Crippen LogP contribution in [0.1, 0.15) is 27.8 Å².